The smallest absolute Gasteiger partial charge is 0.129 e. The van der Waals surface area contributed by atoms with E-state index in [2.05, 4.69) is 10.3 Å². The molecule has 0 radical (unpaired) electrons. The third-order valence-corrected chi connectivity index (χ3v) is 3.68. The van der Waals surface area contributed by atoms with E-state index in [0.29, 0.717) is 24.1 Å². The van der Waals surface area contributed by atoms with Gasteiger partial charge in [-0.05, 0) is 43.2 Å². The molecule has 94 valence electrons. The minimum Gasteiger partial charge on any atom is -0.397 e. The third-order valence-electron chi connectivity index (χ3n) is 3.68. The molecule has 2 unspecified atom stereocenters. The van der Waals surface area contributed by atoms with Crippen LogP contribution in [0, 0.1) is 18.8 Å². The van der Waals surface area contributed by atoms with Crippen LogP contribution in [-0.4, -0.2) is 23.2 Å². The summed E-state index contributed by atoms with van der Waals surface area (Å²) < 4.78 is 0. The zero-order valence-corrected chi connectivity index (χ0v) is 10.3. The molecule has 4 nitrogen and oxygen atoms in total. The van der Waals surface area contributed by atoms with Crippen LogP contribution in [0.1, 0.15) is 24.8 Å². The number of aliphatic hydroxyl groups is 1. The number of rotatable bonds is 4. The number of pyridine rings is 1. The van der Waals surface area contributed by atoms with Gasteiger partial charge in [0.25, 0.3) is 0 Å². The van der Waals surface area contributed by atoms with Crippen LogP contribution in [-0.2, 0) is 0 Å². The van der Waals surface area contributed by atoms with Crippen molar-refractivity contribution >= 4 is 11.5 Å². The minimum atomic E-state index is 0.306. The van der Waals surface area contributed by atoms with E-state index in [1.165, 1.54) is 12.8 Å². The van der Waals surface area contributed by atoms with Gasteiger partial charge in [0, 0.05) is 13.2 Å². The molecule has 0 saturated heterocycles. The molecule has 1 fully saturated rings. The Morgan fingerprint density at radius 1 is 1.47 bits per heavy atom. The van der Waals surface area contributed by atoms with Crippen LogP contribution in [0.5, 0.6) is 0 Å². The summed E-state index contributed by atoms with van der Waals surface area (Å²) in [5, 5.41) is 12.6. The first kappa shape index (κ1) is 12.2. The molecule has 1 heterocycles. The van der Waals surface area contributed by atoms with E-state index in [9.17, 15) is 5.11 Å². The SMILES string of the molecule is Cc1cc(N)cnc1NCC1CCCC1CO. The zero-order chi connectivity index (χ0) is 12.3. The van der Waals surface area contributed by atoms with Gasteiger partial charge in [0.2, 0.25) is 0 Å². The van der Waals surface area contributed by atoms with Crippen molar-refractivity contribution in [3.05, 3.63) is 17.8 Å². The molecule has 4 heteroatoms. The Morgan fingerprint density at radius 2 is 2.24 bits per heavy atom. The van der Waals surface area contributed by atoms with Crippen LogP contribution < -0.4 is 11.1 Å². The van der Waals surface area contributed by atoms with Gasteiger partial charge in [-0.25, -0.2) is 4.98 Å². The van der Waals surface area contributed by atoms with E-state index < -0.39 is 0 Å². The van der Waals surface area contributed by atoms with E-state index in [1.54, 1.807) is 6.20 Å². The normalized spacial score (nSPS) is 23.9. The summed E-state index contributed by atoms with van der Waals surface area (Å²) >= 11 is 0. The second kappa shape index (κ2) is 5.36. The molecular formula is C13H21N3O. The number of anilines is 2. The van der Waals surface area contributed by atoms with Crippen molar-refractivity contribution in [2.24, 2.45) is 11.8 Å². The van der Waals surface area contributed by atoms with Crippen LogP contribution in [0.2, 0.25) is 0 Å². The lowest BCUT2D eigenvalue weighted by molar-refractivity contribution is 0.199. The molecule has 0 spiro atoms. The van der Waals surface area contributed by atoms with E-state index in [1.807, 2.05) is 13.0 Å². The predicted molar refractivity (Wildman–Crippen MR) is 69.8 cm³/mol. The van der Waals surface area contributed by atoms with Crippen molar-refractivity contribution in [1.82, 2.24) is 4.98 Å². The number of nitrogens with two attached hydrogens (primary N) is 1. The molecule has 0 aliphatic heterocycles. The van der Waals surface area contributed by atoms with Gasteiger partial charge < -0.3 is 16.2 Å². The highest BCUT2D eigenvalue weighted by Gasteiger charge is 2.26. The Labute approximate surface area is 102 Å². The summed E-state index contributed by atoms with van der Waals surface area (Å²) in [5.74, 6) is 1.93. The number of hydrogen-bond donors (Lipinski definition) is 3. The van der Waals surface area contributed by atoms with Crippen LogP contribution in [0.3, 0.4) is 0 Å². The van der Waals surface area contributed by atoms with Gasteiger partial charge in [-0.1, -0.05) is 6.42 Å². The first-order chi connectivity index (χ1) is 8.20. The lowest BCUT2D eigenvalue weighted by Crippen LogP contribution is -2.21. The lowest BCUT2D eigenvalue weighted by Gasteiger charge is -2.18. The highest BCUT2D eigenvalue weighted by molar-refractivity contribution is 5.50. The summed E-state index contributed by atoms with van der Waals surface area (Å²) in [7, 11) is 0. The quantitative estimate of drug-likeness (QED) is 0.744. The van der Waals surface area contributed by atoms with Crippen molar-refractivity contribution in [3.63, 3.8) is 0 Å². The maximum absolute atomic E-state index is 9.26. The van der Waals surface area contributed by atoms with E-state index in [0.717, 1.165) is 24.3 Å². The fraction of sp³-hybridized carbons (Fsp3) is 0.615. The number of aliphatic hydroxyl groups excluding tert-OH is 1. The number of aryl methyl sites for hydroxylation is 1. The van der Waals surface area contributed by atoms with Crippen molar-refractivity contribution < 1.29 is 5.11 Å². The standard InChI is InChI=1S/C13H21N3O/c1-9-5-12(14)7-16-13(9)15-6-10-3-2-4-11(10)8-17/h5,7,10-11,17H,2-4,6,8,14H2,1H3,(H,15,16). The highest BCUT2D eigenvalue weighted by Crippen LogP contribution is 2.31. The van der Waals surface area contributed by atoms with Crippen LogP contribution in [0.4, 0.5) is 11.5 Å². The number of nitrogen functional groups attached to an aromatic ring is 1. The Morgan fingerprint density at radius 3 is 2.94 bits per heavy atom. The molecule has 4 N–H and O–H groups in total. The zero-order valence-electron chi connectivity index (χ0n) is 10.3. The molecule has 1 aliphatic rings. The molecule has 17 heavy (non-hydrogen) atoms. The molecule has 0 bridgehead atoms. The summed E-state index contributed by atoms with van der Waals surface area (Å²) in [6.07, 6.45) is 5.25. The number of hydrogen-bond acceptors (Lipinski definition) is 4. The van der Waals surface area contributed by atoms with Gasteiger partial charge in [-0.15, -0.1) is 0 Å². The molecule has 0 aromatic carbocycles. The maximum Gasteiger partial charge on any atom is 0.129 e. The molecule has 1 aromatic heterocycles. The molecule has 2 rings (SSSR count). The van der Waals surface area contributed by atoms with E-state index >= 15 is 0 Å². The first-order valence-corrected chi connectivity index (χ1v) is 6.27. The molecule has 1 aromatic rings. The number of nitrogens with zero attached hydrogens (tertiary/aromatic N) is 1. The fourth-order valence-electron chi connectivity index (χ4n) is 2.63. The van der Waals surface area contributed by atoms with Gasteiger partial charge >= 0.3 is 0 Å². The largest absolute Gasteiger partial charge is 0.397 e. The molecule has 1 aliphatic carbocycles. The van der Waals surface area contributed by atoms with Gasteiger partial charge in [-0.2, -0.15) is 0 Å². The van der Waals surface area contributed by atoms with E-state index in [4.69, 9.17) is 5.73 Å². The van der Waals surface area contributed by atoms with E-state index in [-0.39, 0.29) is 0 Å². The van der Waals surface area contributed by atoms with Crippen LogP contribution in [0.15, 0.2) is 12.3 Å². The average molecular weight is 235 g/mol. The summed E-state index contributed by atoms with van der Waals surface area (Å²) in [6.45, 7) is 3.20. The molecular weight excluding hydrogens is 214 g/mol. The second-order valence-corrected chi connectivity index (χ2v) is 4.95. The van der Waals surface area contributed by atoms with Gasteiger partial charge in [0.15, 0.2) is 0 Å². The number of nitrogens with one attached hydrogen (secondary N) is 1. The third kappa shape index (κ3) is 2.88. The van der Waals surface area contributed by atoms with Gasteiger partial charge in [-0.3, -0.25) is 0 Å². The van der Waals surface area contributed by atoms with Gasteiger partial charge in [0.05, 0.1) is 11.9 Å². The molecule has 2 atom stereocenters. The predicted octanol–water partition coefficient (Wildman–Crippen LogP) is 1.79. The van der Waals surface area contributed by atoms with Crippen molar-refractivity contribution in [1.29, 1.82) is 0 Å². The summed E-state index contributed by atoms with van der Waals surface area (Å²) in [6, 6.07) is 1.92. The maximum atomic E-state index is 9.26. The van der Waals surface area contributed by atoms with Crippen molar-refractivity contribution in [2.75, 3.05) is 24.2 Å². The van der Waals surface area contributed by atoms with Crippen molar-refractivity contribution in [2.45, 2.75) is 26.2 Å². The Kier molecular flexibility index (Phi) is 3.84. The molecule has 0 amide bonds. The minimum absolute atomic E-state index is 0.306. The van der Waals surface area contributed by atoms with Crippen LogP contribution in [0.25, 0.3) is 0 Å². The first-order valence-electron chi connectivity index (χ1n) is 6.27. The lowest BCUT2D eigenvalue weighted by atomic mass is 9.97. The van der Waals surface area contributed by atoms with Crippen molar-refractivity contribution in [3.8, 4) is 0 Å². The van der Waals surface area contributed by atoms with Crippen LogP contribution >= 0.6 is 0 Å². The molecule has 1 saturated carbocycles. The monoisotopic (exact) mass is 235 g/mol. The second-order valence-electron chi connectivity index (χ2n) is 4.95. The Balaban J connectivity index is 1.93. The Bertz CT molecular complexity index is 381. The fourth-order valence-corrected chi connectivity index (χ4v) is 2.63. The highest BCUT2D eigenvalue weighted by atomic mass is 16.3. The average Bonchev–Trinajstić information content (AvgIpc) is 2.75. The Hall–Kier alpha value is -1.29. The summed E-state index contributed by atoms with van der Waals surface area (Å²) in [4.78, 5) is 4.29. The summed E-state index contributed by atoms with van der Waals surface area (Å²) in [5.41, 5.74) is 7.44. The van der Waals surface area contributed by atoms with Gasteiger partial charge in [0.1, 0.15) is 5.82 Å². The number of aromatic nitrogens is 1. The topological polar surface area (TPSA) is 71.2 Å².